The highest BCUT2D eigenvalue weighted by atomic mass is 32.2. The fourth-order valence-electron chi connectivity index (χ4n) is 3.83. The van der Waals surface area contributed by atoms with Crippen molar-refractivity contribution in [2.75, 3.05) is 39.5 Å². The van der Waals surface area contributed by atoms with Crippen LogP contribution in [0.25, 0.3) is 6.08 Å². The van der Waals surface area contributed by atoms with Crippen molar-refractivity contribution in [1.29, 1.82) is 0 Å². The van der Waals surface area contributed by atoms with Crippen molar-refractivity contribution in [2.45, 2.75) is 17.9 Å². The average Bonchev–Trinajstić information content (AvgIpc) is 2.86. The van der Waals surface area contributed by atoms with E-state index >= 15 is 0 Å². The highest BCUT2D eigenvalue weighted by Crippen LogP contribution is 2.19. The summed E-state index contributed by atoms with van der Waals surface area (Å²) >= 11 is 0. The Hall–Kier alpha value is -3.01. The number of nitrogens with zero attached hydrogens (tertiary/aromatic N) is 2. The summed E-state index contributed by atoms with van der Waals surface area (Å²) in [6.07, 6.45) is 3.53. The van der Waals surface area contributed by atoms with E-state index in [4.69, 9.17) is 9.47 Å². The van der Waals surface area contributed by atoms with Crippen LogP contribution in [0.3, 0.4) is 0 Å². The highest BCUT2D eigenvalue weighted by molar-refractivity contribution is 7.89. The van der Waals surface area contributed by atoms with Gasteiger partial charge in [-0.25, -0.2) is 13.2 Å². The van der Waals surface area contributed by atoms with E-state index < -0.39 is 16.0 Å². The van der Waals surface area contributed by atoms with Crippen LogP contribution in [0.1, 0.15) is 16.7 Å². The number of ether oxygens (including phenoxy) is 2. The Labute approximate surface area is 193 Å². The molecule has 1 fully saturated rings. The lowest BCUT2D eigenvalue weighted by Gasteiger charge is -2.28. The molecule has 0 radical (unpaired) electrons. The van der Waals surface area contributed by atoms with Gasteiger partial charge < -0.3 is 14.4 Å². The second kappa shape index (κ2) is 10.3. The number of morpholine rings is 1. The summed E-state index contributed by atoms with van der Waals surface area (Å²) in [5.41, 5.74) is 3.00. The number of benzene rings is 2. The first-order valence-corrected chi connectivity index (χ1v) is 12.2. The molecular weight excluding hydrogens is 444 g/mol. The summed E-state index contributed by atoms with van der Waals surface area (Å²) in [5, 5.41) is 0. The van der Waals surface area contributed by atoms with Gasteiger partial charge in [0.1, 0.15) is 0 Å². The molecule has 0 bridgehead atoms. The van der Waals surface area contributed by atoms with Crippen molar-refractivity contribution < 1.29 is 27.5 Å². The number of hydrogen-bond donors (Lipinski definition) is 0. The van der Waals surface area contributed by atoms with Gasteiger partial charge >= 0.3 is 5.97 Å². The van der Waals surface area contributed by atoms with Gasteiger partial charge in [-0.2, -0.15) is 4.31 Å². The molecule has 2 aliphatic rings. The van der Waals surface area contributed by atoms with Crippen molar-refractivity contribution in [1.82, 2.24) is 9.21 Å². The Morgan fingerprint density at radius 2 is 1.67 bits per heavy atom. The molecule has 1 saturated heterocycles. The van der Waals surface area contributed by atoms with Crippen molar-refractivity contribution >= 4 is 28.0 Å². The molecule has 33 heavy (non-hydrogen) atoms. The van der Waals surface area contributed by atoms with Gasteiger partial charge in [0.05, 0.1) is 18.1 Å². The van der Waals surface area contributed by atoms with Gasteiger partial charge in [-0.15, -0.1) is 0 Å². The van der Waals surface area contributed by atoms with Crippen LogP contribution in [-0.4, -0.2) is 69.0 Å². The van der Waals surface area contributed by atoms with Gasteiger partial charge in [-0.1, -0.05) is 36.4 Å². The van der Waals surface area contributed by atoms with E-state index in [1.54, 1.807) is 17.0 Å². The Kier molecular flexibility index (Phi) is 7.22. The molecule has 8 nitrogen and oxygen atoms in total. The lowest BCUT2D eigenvalue weighted by Crippen LogP contribution is -2.40. The number of carbonyl (C=O) groups excluding carboxylic acids is 2. The van der Waals surface area contributed by atoms with Crippen LogP contribution in [0.15, 0.2) is 59.5 Å². The second-order valence-electron chi connectivity index (χ2n) is 7.86. The first-order valence-electron chi connectivity index (χ1n) is 10.8. The third-order valence-electron chi connectivity index (χ3n) is 5.72. The maximum atomic E-state index is 12.7. The molecule has 2 aliphatic heterocycles. The quantitative estimate of drug-likeness (QED) is 0.473. The number of esters is 1. The summed E-state index contributed by atoms with van der Waals surface area (Å²) in [6, 6.07) is 14.2. The largest absolute Gasteiger partial charge is 0.452 e. The van der Waals surface area contributed by atoms with Crippen LogP contribution >= 0.6 is 0 Å². The Bertz CT molecular complexity index is 1140. The Morgan fingerprint density at radius 1 is 0.970 bits per heavy atom. The molecule has 2 aromatic carbocycles. The predicted molar refractivity (Wildman–Crippen MR) is 122 cm³/mol. The zero-order valence-corrected chi connectivity index (χ0v) is 19.0. The fourth-order valence-corrected chi connectivity index (χ4v) is 5.24. The van der Waals surface area contributed by atoms with Crippen LogP contribution in [0.5, 0.6) is 0 Å². The van der Waals surface area contributed by atoms with Crippen LogP contribution in [0, 0.1) is 0 Å². The number of carbonyl (C=O) groups is 2. The van der Waals surface area contributed by atoms with Gasteiger partial charge in [-0.3, -0.25) is 4.79 Å². The Morgan fingerprint density at radius 3 is 2.39 bits per heavy atom. The van der Waals surface area contributed by atoms with E-state index in [1.165, 1.54) is 34.2 Å². The average molecular weight is 471 g/mol. The summed E-state index contributed by atoms with van der Waals surface area (Å²) in [4.78, 5) is 26.3. The molecule has 0 N–H and O–H groups in total. The summed E-state index contributed by atoms with van der Waals surface area (Å²) in [7, 11) is -3.56. The molecule has 4 rings (SSSR count). The van der Waals surface area contributed by atoms with E-state index in [2.05, 4.69) is 6.07 Å². The number of fused-ring (bicyclic) bond motifs is 1. The monoisotopic (exact) mass is 470 g/mol. The lowest BCUT2D eigenvalue weighted by atomic mass is 10.00. The van der Waals surface area contributed by atoms with Crippen molar-refractivity contribution in [3.8, 4) is 0 Å². The van der Waals surface area contributed by atoms with E-state index in [9.17, 15) is 18.0 Å². The maximum Gasteiger partial charge on any atom is 0.331 e. The number of hydrogen-bond acceptors (Lipinski definition) is 6. The first-order chi connectivity index (χ1) is 15.9. The second-order valence-corrected chi connectivity index (χ2v) is 9.80. The lowest BCUT2D eigenvalue weighted by molar-refractivity contribution is -0.148. The minimum atomic E-state index is -3.56. The highest BCUT2D eigenvalue weighted by Gasteiger charge is 2.26. The Balaban J connectivity index is 1.28. The van der Waals surface area contributed by atoms with Gasteiger partial charge in [0, 0.05) is 32.3 Å². The normalized spacial score (nSPS) is 17.0. The molecule has 0 unspecified atom stereocenters. The van der Waals surface area contributed by atoms with Crippen LogP contribution in [-0.2, 0) is 42.1 Å². The van der Waals surface area contributed by atoms with Gasteiger partial charge in [0.25, 0.3) is 5.91 Å². The molecule has 0 atom stereocenters. The van der Waals surface area contributed by atoms with Crippen molar-refractivity contribution in [3.05, 3.63) is 71.3 Å². The van der Waals surface area contributed by atoms with Gasteiger partial charge in [-0.05, 0) is 41.3 Å². The molecular formula is C24H26N2O6S. The number of rotatable bonds is 6. The molecule has 2 heterocycles. The minimum absolute atomic E-state index is 0.192. The van der Waals surface area contributed by atoms with Gasteiger partial charge in [0.2, 0.25) is 10.0 Å². The van der Waals surface area contributed by atoms with E-state index in [0.29, 0.717) is 45.0 Å². The number of amides is 1. The minimum Gasteiger partial charge on any atom is -0.452 e. The van der Waals surface area contributed by atoms with E-state index in [1.807, 2.05) is 18.2 Å². The third kappa shape index (κ3) is 5.68. The summed E-state index contributed by atoms with van der Waals surface area (Å²) in [6.45, 7) is 2.23. The smallest absolute Gasteiger partial charge is 0.331 e. The van der Waals surface area contributed by atoms with Crippen LogP contribution in [0.4, 0.5) is 0 Å². The number of sulfonamides is 1. The third-order valence-corrected chi connectivity index (χ3v) is 7.63. The first kappa shape index (κ1) is 23.2. The van der Waals surface area contributed by atoms with Crippen molar-refractivity contribution in [3.63, 3.8) is 0 Å². The summed E-state index contributed by atoms with van der Waals surface area (Å²) in [5.74, 6) is -0.866. The molecule has 2 aromatic rings. The molecule has 1 amide bonds. The molecule has 174 valence electrons. The zero-order valence-electron chi connectivity index (χ0n) is 18.2. The zero-order chi connectivity index (χ0) is 23.3. The van der Waals surface area contributed by atoms with Crippen LogP contribution in [0.2, 0.25) is 0 Å². The van der Waals surface area contributed by atoms with E-state index in [0.717, 1.165) is 12.0 Å². The molecule has 0 aliphatic carbocycles. The molecule has 0 saturated carbocycles. The standard InChI is InChI=1S/C24H26N2O6S/c27-23(25-12-11-20-3-1-2-4-21(20)17-25)18-32-24(28)10-7-19-5-8-22(9-6-19)33(29,30)26-13-15-31-16-14-26/h1-10H,11-18H2. The molecule has 9 heteroatoms. The molecule has 0 aromatic heterocycles. The summed E-state index contributed by atoms with van der Waals surface area (Å²) < 4.78 is 37.0. The molecule has 0 spiro atoms. The van der Waals surface area contributed by atoms with E-state index in [-0.39, 0.29) is 17.4 Å². The topological polar surface area (TPSA) is 93.2 Å². The predicted octanol–water partition coefficient (Wildman–Crippen LogP) is 1.85. The van der Waals surface area contributed by atoms with Crippen LogP contribution < -0.4 is 0 Å². The maximum absolute atomic E-state index is 12.7. The van der Waals surface area contributed by atoms with Gasteiger partial charge in [0.15, 0.2) is 6.61 Å². The fraction of sp³-hybridized carbons (Fsp3) is 0.333. The SMILES string of the molecule is O=C(C=Cc1ccc(S(=O)(=O)N2CCOCC2)cc1)OCC(=O)N1CCc2ccccc2C1. The van der Waals surface area contributed by atoms with Crippen molar-refractivity contribution in [2.24, 2.45) is 0 Å².